The molecule has 3 aromatic rings. The van der Waals surface area contributed by atoms with Crippen molar-refractivity contribution in [2.45, 2.75) is 26.3 Å². The van der Waals surface area contributed by atoms with Crippen LogP contribution in [0.2, 0.25) is 5.02 Å². The van der Waals surface area contributed by atoms with Gasteiger partial charge in [-0.05, 0) is 37.1 Å². The molecule has 0 aliphatic heterocycles. The fraction of sp³-hybridized carbons (Fsp3) is 0.190. The van der Waals surface area contributed by atoms with Gasteiger partial charge in [-0.25, -0.2) is 4.68 Å². The van der Waals surface area contributed by atoms with E-state index in [-0.39, 0.29) is 17.9 Å². The number of carbonyl (C=O) groups is 1. The fourth-order valence-corrected chi connectivity index (χ4v) is 2.84. The van der Waals surface area contributed by atoms with Gasteiger partial charge >= 0.3 is 0 Å². The maximum Gasteiger partial charge on any atom is 0.266 e. The molecule has 0 aliphatic carbocycles. The number of benzene rings is 2. The van der Waals surface area contributed by atoms with E-state index in [4.69, 9.17) is 11.6 Å². The van der Waals surface area contributed by atoms with Crippen molar-refractivity contribution in [1.82, 2.24) is 9.78 Å². The summed E-state index contributed by atoms with van der Waals surface area (Å²) in [6, 6.07) is 18.3. The monoisotopic (exact) mass is 381 g/mol. The molecule has 0 radical (unpaired) electrons. The van der Waals surface area contributed by atoms with Crippen molar-refractivity contribution in [2.24, 2.45) is 0 Å². The van der Waals surface area contributed by atoms with Gasteiger partial charge in [-0.3, -0.25) is 9.59 Å². The van der Waals surface area contributed by atoms with Gasteiger partial charge in [-0.15, -0.1) is 0 Å². The van der Waals surface area contributed by atoms with Gasteiger partial charge < -0.3 is 5.32 Å². The van der Waals surface area contributed by atoms with Gasteiger partial charge in [0.05, 0.1) is 5.69 Å². The van der Waals surface area contributed by atoms with Crippen molar-refractivity contribution in [3.63, 3.8) is 0 Å². The summed E-state index contributed by atoms with van der Waals surface area (Å²) in [6.07, 6.45) is 0.797. The van der Waals surface area contributed by atoms with Crippen LogP contribution >= 0.6 is 11.6 Å². The number of halogens is 1. The molecule has 138 valence electrons. The number of rotatable bonds is 6. The number of carbonyl (C=O) groups excluding carboxylic acids is 1. The van der Waals surface area contributed by atoms with E-state index in [1.807, 2.05) is 49.4 Å². The van der Waals surface area contributed by atoms with Gasteiger partial charge in [0.15, 0.2) is 0 Å². The predicted molar refractivity (Wildman–Crippen MR) is 108 cm³/mol. The van der Waals surface area contributed by atoms with E-state index in [0.717, 1.165) is 16.8 Å². The smallest absolute Gasteiger partial charge is 0.266 e. The standard InChI is InChI=1S/C21H20ClN3O2/c1-15-9-10-17(14-18(15)22)23-20(26)8-5-13-25-21(27)12-11-19(24-25)16-6-3-2-4-7-16/h2-4,6-7,9-12,14H,5,8,13H2,1H3,(H,23,26). The molecular formula is C21H20ClN3O2. The average molecular weight is 382 g/mol. The van der Waals surface area contributed by atoms with Gasteiger partial charge in [-0.2, -0.15) is 5.10 Å². The summed E-state index contributed by atoms with van der Waals surface area (Å²) in [5.41, 5.74) is 3.12. The third-order valence-electron chi connectivity index (χ3n) is 4.17. The van der Waals surface area contributed by atoms with Crippen molar-refractivity contribution in [2.75, 3.05) is 5.32 Å². The molecule has 0 aliphatic rings. The molecule has 1 N–H and O–H groups in total. The highest BCUT2D eigenvalue weighted by molar-refractivity contribution is 6.31. The van der Waals surface area contributed by atoms with Crippen molar-refractivity contribution < 1.29 is 4.79 Å². The molecule has 1 heterocycles. The van der Waals surface area contributed by atoms with Gasteiger partial charge in [-0.1, -0.05) is 48.0 Å². The highest BCUT2D eigenvalue weighted by atomic mass is 35.5. The van der Waals surface area contributed by atoms with E-state index in [1.165, 1.54) is 10.7 Å². The van der Waals surface area contributed by atoms with Gasteiger partial charge in [0, 0.05) is 35.3 Å². The molecule has 0 bridgehead atoms. The largest absolute Gasteiger partial charge is 0.326 e. The van der Waals surface area contributed by atoms with E-state index in [1.54, 1.807) is 12.1 Å². The Morgan fingerprint density at radius 1 is 1.11 bits per heavy atom. The summed E-state index contributed by atoms with van der Waals surface area (Å²) in [4.78, 5) is 24.1. The Bertz CT molecular complexity index is 1000. The summed E-state index contributed by atoms with van der Waals surface area (Å²) >= 11 is 6.07. The second kappa shape index (κ2) is 8.64. The second-order valence-electron chi connectivity index (χ2n) is 6.26. The molecule has 0 saturated heterocycles. The van der Waals surface area contributed by atoms with Crippen molar-refractivity contribution in [3.05, 3.63) is 81.6 Å². The Balaban J connectivity index is 1.59. The van der Waals surface area contributed by atoms with Crippen LogP contribution in [0.15, 0.2) is 65.5 Å². The molecule has 0 atom stereocenters. The zero-order valence-electron chi connectivity index (χ0n) is 15.0. The average Bonchev–Trinajstić information content (AvgIpc) is 2.67. The normalized spacial score (nSPS) is 10.6. The highest BCUT2D eigenvalue weighted by Gasteiger charge is 2.07. The Labute approximate surface area is 162 Å². The molecule has 3 rings (SSSR count). The fourth-order valence-electron chi connectivity index (χ4n) is 2.66. The number of aromatic nitrogens is 2. The van der Waals surface area contributed by atoms with Crippen molar-refractivity contribution in [3.8, 4) is 11.3 Å². The van der Waals surface area contributed by atoms with Crippen LogP contribution in [-0.2, 0) is 11.3 Å². The lowest BCUT2D eigenvalue weighted by Gasteiger charge is -2.08. The maximum absolute atomic E-state index is 12.1. The van der Waals surface area contributed by atoms with Gasteiger partial charge in [0.2, 0.25) is 5.91 Å². The molecule has 1 aromatic heterocycles. The lowest BCUT2D eigenvalue weighted by molar-refractivity contribution is -0.116. The number of anilines is 1. The number of hydrogen-bond donors (Lipinski definition) is 1. The van der Waals surface area contributed by atoms with E-state index in [0.29, 0.717) is 23.7 Å². The minimum atomic E-state index is -0.180. The predicted octanol–water partition coefficient (Wildman–Crippen LogP) is 4.29. The molecule has 0 unspecified atom stereocenters. The quantitative estimate of drug-likeness (QED) is 0.692. The molecule has 1 amide bonds. The second-order valence-corrected chi connectivity index (χ2v) is 6.67. The van der Waals surface area contributed by atoms with Crippen LogP contribution in [0.3, 0.4) is 0 Å². The van der Waals surface area contributed by atoms with E-state index in [2.05, 4.69) is 10.4 Å². The third kappa shape index (κ3) is 5.05. The first-order chi connectivity index (χ1) is 13.0. The minimum Gasteiger partial charge on any atom is -0.326 e. The van der Waals surface area contributed by atoms with Crippen molar-refractivity contribution in [1.29, 1.82) is 0 Å². The molecule has 0 spiro atoms. The Morgan fingerprint density at radius 2 is 1.89 bits per heavy atom. The lowest BCUT2D eigenvalue weighted by Crippen LogP contribution is -2.23. The summed E-state index contributed by atoms with van der Waals surface area (Å²) < 4.78 is 1.40. The van der Waals surface area contributed by atoms with Gasteiger partial charge in [0.25, 0.3) is 5.56 Å². The molecule has 27 heavy (non-hydrogen) atoms. The zero-order valence-corrected chi connectivity index (χ0v) is 15.7. The van der Waals surface area contributed by atoms with Crippen LogP contribution < -0.4 is 10.9 Å². The minimum absolute atomic E-state index is 0.123. The zero-order chi connectivity index (χ0) is 19.2. The molecule has 0 saturated carbocycles. The topological polar surface area (TPSA) is 64.0 Å². The van der Waals surface area contributed by atoms with Crippen LogP contribution in [0.5, 0.6) is 0 Å². The molecule has 0 fully saturated rings. The SMILES string of the molecule is Cc1ccc(NC(=O)CCCn2nc(-c3ccccc3)ccc2=O)cc1Cl. The summed E-state index contributed by atoms with van der Waals surface area (Å²) in [7, 11) is 0. The summed E-state index contributed by atoms with van der Waals surface area (Å²) in [5, 5.41) is 7.83. The summed E-state index contributed by atoms with van der Waals surface area (Å²) in [5.74, 6) is -0.123. The van der Waals surface area contributed by atoms with E-state index < -0.39 is 0 Å². The Kier molecular flexibility index (Phi) is 6.04. The molecule has 5 nitrogen and oxygen atoms in total. The number of aryl methyl sites for hydroxylation is 2. The van der Waals surface area contributed by atoms with Crippen molar-refractivity contribution >= 4 is 23.2 Å². The number of hydrogen-bond acceptors (Lipinski definition) is 3. The van der Waals surface area contributed by atoms with E-state index in [9.17, 15) is 9.59 Å². The number of nitrogens with one attached hydrogen (secondary N) is 1. The van der Waals surface area contributed by atoms with Crippen LogP contribution in [0.25, 0.3) is 11.3 Å². The lowest BCUT2D eigenvalue weighted by atomic mass is 10.1. The molecule has 6 heteroatoms. The van der Waals surface area contributed by atoms with Crippen LogP contribution in [0, 0.1) is 6.92 Å². The van der Waals surface area contributed by atoms with Gasteiger partial charge in [0.1, 0.15) is 0 Å². The first-order valence-electron chi connectivity index (χ1n) is 8.72. The third-order valence-corrected chi connectivity index (χ3v) is 4.57. The summed E-state index contributed by atoms with van der Waals surface area (Å²) in [6.45, 7) is 2.28. The molecular weight excluding hydrogens is 362 g/mol. The Hall–Kier alpha value is -2.92. The first kappa shape index (κ1) is 18.9. The highest BCUT2D eigenvalue weighted by Crippen LogP contribution is 2.20. The van der Waals surface area contributed by atoms with E-state index >= 15 is 0 Å². The number of nitrogens with zero attached hydrogens (tertiary/aromatic N) is 2. The first-order valence-corrected chi connectivity index (χ1v) is 9.10. The van der Waals surface area contributed by atoms with Crippen LogP contribution in [0.4, 0.5) is 5.69 Å². The van der Waals surface area contributed by atoms with Crippen LogP contribution in [-0.4, -0.2) is 15.7 Å². The maximum atomic E-state index is 12.1. The Morgan fingerprint density at radius 3 is 2.63 bits per heavy atom. The molecule has 2 aromatic carbocycles. The number of amides is 1. The van der Waals surface area contributed by atoms with Crippen LogP contribution in [0.1, 0.15) is 18.4 Å².